The molecule has 1 aromatic heterocycles. The fourth-order valence-electron chi connectivity index (χ4n) is 2.18. The first-order valence-corrected chi connectivity index (χ1v) is 8.70. The molecule has 1 saturated heterocycles. The highest BCUT2D eigenvalue weighted by Gasteiger charge is 2.21. The van der Waals surface area contributed by atoms with E-state index in [2.05, 4.69) is 10.3 Å². The highest BCUT2D eigenvalue weighted by atomic mass is 32.2. The van der Waals surface area contributed by atoms with Gasteiger partial charge in [-0.1, -0.05) is 30.3 Å². The number of nitrogens with one attached hydrogen (secondary N) is 1. The predicted octanol–water partition coefficient (Wildman–Crippen LogP) is 2.63. The maximum atomic E-state index is 12.2. The zero-order valence-electron chi connectivity index (χ0n) is 11.0. The van der Waals surface area contributed by atoms with E-state index < -0.39 is 0 Å². The maximum Gasteiger partial charge on any atom is 0.157 e. The van der Waals surface area contributed by atoms with Gasteiger partial charge in [0.15, 0.2) is 5.78 Å². The van der Waals surface area contributed by atoms with Gasteiger partial charge in [-0.15, -0.1) is 11.3 Å². The molecule has 2 aromatic rings. The number of rotatable bonds is 4. The van der Waals surface area contributed by atoms with Crippen molar-refractivity contribution < 1.29 is 4.79 Å². The van der Waals surface area contributed by atoms with Crippen LogP contribution >= 0.6 is 23.1 Å². The Morgan fingerprint density at radius 1 is 1.35 bits per heavy atom. The van der Waals surface area contributed by atoms with Gasteiger partial charge in [0.25, 0.3) is 0 Å². The number of ketones is 1. The number of benzene rings is 1. The lowest BCUT2D eigenvalue weighted by molar-refractivity contribution is -0.119. The summed E-state index contributed by atoms with van der Waals surface area (Å²) in [7, 11) is 0. The molecule has 0 spiro atoms. The molecule has 20 heavy (non-hydrogen) atoms. The molecule has 0 aliphatic carbocycles. The Morgan fingerprint density at radius 2 is 2.20 bits per heavy atom. The maximum absolute atomic E-state index is 12.2. The summed E-state index contributed by atoms with van der Waals surface area (Å²) >= 11 is 3.41. The van der Waals surface area contributed by atoms with Crippen LogP contribution in [0.4, 0.5) is 0 Å². The van der Waals surface area contributed by atoms with Gasteiger partial charge in [-0.25, -0.2) is 4.98 Å². The zero-order chi connectivity index (χ0) is 13.8. The molecule has 3 rings (SSSR count). The van der Waals surface area contributed by atoms with Crippen molar-refractivity contribution in [2.75, 3.05) is 18.1 Å². The Labute approximate surface area is 126 Å². The quantitative estimate of drug-likeness (QED) is 0.943. The number of Topliss-reactive ketones (excluding diaryl/α,β-unsaturated/α-hetero) is 1. The molecular formula is C15H16N2OS2. The smallest absolute Gasteiger partial charge is 0.157 e. The average molecular weight is 304 g/mol. The molecule has 5 heteroatoms. The minimum atomic E-state index is -0.00201. The highest BCUT2D eigenvalue weighted by molar-refractivity contribution is 7.99. The minimum absolute atomic E-state index is 0.00201. The lowest BCUT2D eigenvalue weighted by Gasteiger charge is -2.21. The first-order valence-electron chi connectivity index (χ1n) is 6.66. The summed E-state index contributed by atoms with van der Waals surface area (Å²) in [5.41, 5.74) is 2.07. The summed E-state index contributed by atoms with van der Waals surface area (Å²) in [6, 6.07) is 10.1. The molecular weight excluding hydrogens is 288 g/mol. The van der Waals surface area contributed by atoms with Crippen molar-refractivity contribution in [2.45, 2.75) is 12.5 Å². The number of carbonyl (C=O) groups excluding carboxylic acids is 1. The normalized spacial score (nSPS) is 18.9. The van der Waals surface area contributed by atoms with Crippen LogP contribution in [0, 0.1) is 0 Å². The third kappa shape index (κ3) is 3.29. The first kappa shape index (κ1) is 13.8. The summed E-state index contributed by atoms with van der Waals surface area (Å²) in [5.74, 6) is 2.24. The summed E-state index contributed by atoms with van der Waals surface area (Å²) in [5, 5.41) is 6.22. The molecule has 3 nitrogen and oxygen atoms in total. The van der Waals surface area contributed by atoms with Crippen LogP contribution in [0.2, 0.25) is 0 Å². The van der Waals surface area contributed by atoms with E-state index in [-0.39, 0.29) is 11.8 Å². The second-order valence-electron chi connectivity index (χ2n) is 4.72. The Kier molecular flexibility index (Phi) is 4.50. The molecule has 2 heterocycles. The molecule has 0 bridgehead atoms. The van der Waals surface area contributed by atoms with Gasteiger partial charge in [0.2, 0.25) is 0 Å². The SMILES string of the molecule is O=C(Cc1nc(-c2ccccc2)cs1)C1CSCCN1. The van der Waals surface area contributed by atoms with E-state index in [1.165, 1.54) is 0 Å². The molecule has 1 unspecified atom stereocenters. The number of nitrogens with zero attached hydrogens (tertiary/aromatic N) is 1. The van der Waals surface area contributed by atoms with Gasteiger partial charge in [0.05, 0.1) is 18.2 Å². The van der Waals surface area contributed by atoms with Gasteiger partial charge < -0.3 is 5.32 Å². The first-order chi connectivity index (χ1) is 9.83. The Bertz CT molecular complexity index is 577. The van der Waals surface area contributed by atoms with Crippen molar-refractivity contribution in [2.24, 2.45) is 0 Å². The van der Waals surface area contributed by atoms with Crippen LogP contribution in [0.25, 0.3) is 11.3 Å². The molecule has 0 amide bonds. The van der Waals surface area contributed by atoms with Crippen molar-refractivity contribution in [3.05, 3.63) is 40.7 Å². The van der Waals surface area contributed by atoms with E-state index in [0.29, 0.717) is 6.42 Å². The Morgan fingerprint density at radius 3 is 2.95 bits per heavy atom. The molecule has 1 atom stereocenters. The van der Waals surface area contributed by atoms with Crippen molar-refractivity contribution in [1.29, 1.82) is 0 Å². The van der Waals surface area contributed by atoms with Crippen molar-refractivity contribution in [3.8, 4) is 11.3 Å². The number of thioether (sulfide) groups is 1. The Balaban J connectivity index is 1.66. The van der Waals surface area contributed by atoms with Crippen LogP contribution in [0.3, 0.4) is 0 Å². The second-order valence-corrected chi connectivity index (χ2v) is 6.81. The van der Waals surface area contributed by atoms with Crippen molar-refractivity contribution >= 4 is 28.9 Å². The molecule has 1 aromatic carbocycles. The van der Waals surface area contributed by atoms with Crippen LogP contribution in [0.1, 0.15) is 5.01 Å². The van der Waals surface area contributed by atoms with E-state index >= 15 is 0 Å². The van der Waals surface area contributed by atoms with Crippen LogP contribution in [-0.2, 0) is 11.2 Å². The molecule has 1 aliphatic rings. The molecule has 1 aliphatic heterocycles. The number of carbonyl (C=O) groups is 1. The number of thiazole rings is 1. The largest absolute Gasteiger partial charge is 0.306 e. The number of hydrogen-bond donors (Lipinski definition) is 1. The van der Waals surface area contributed by atoms with Gasteiger partial charge in [0, 0.05) is 29.0 Å². The highest BCUT2D eigenvalue weighted by Crippen LogP contribution is 2.22. The van der Waals surface area contributed by atoms with Gasteiger partial charge in [-0.2, -0.15) is 11.8 Å². The average Bonchev–Trinajstić information content (AvgIpc) is 2.97. The summed E-state index contributed by atoms with van der Waals surface area (Å²) < 4.78 is 0. The molecule has 0 radical (unpaired) electrons. The lowest BCUT2D eigenvalue weighted by Crippen LogP contribution is -2.44. The van der Waals surface area contributed by atoms with E-state index in [1.807, 2.05) is 47.5 Å². The van der Waals surface area contributed by atoms with Crippen LogP contribution < -0.4 is 5.32 Å². The van der Waals surface area contributed by atoms with Gasteiger partial charge in [0.1, 0.15) is 5.01 Å². The fourth-order valence-corrected chi connectivity index (χ4v) is 3.96. The molecule has 0 saturated carbocycles. The van der Waals surface area contributed by atoms with E-state index in [1.54, 1.807) is 11.3 Å². The molecule has 104 valence electrons. The Hall–Kier alpha value is -1.17. The summed E-state index contributed by atoms with van der Waals surface area (Å²) in [4.78, 5) is 16.8. The number of hydrogen-bond acceptors (Lipinski definition) is 5. The predicted molar refractivity (Wildman–Crippen MR) is 85.4 cm³/mol. The van der Waals surface area contributed by atoms with E-state index in [9.17, 15) is 4.79 Å². The third-order valence-corrected chi connectivity index (χ3v) is 5.17. The zero-order valence-corrected chi connectivity index (χ0v) is 12.7. The fraction of sp³-hybridized carbons (Fsp3) is 0.333. The monoisotopic (exact) mass is 304 g/mol. The number of aromatic nitrogens is 1. The standard InChI is InChI=1S/C15H16N2OS2/c18-14(13-9-19-7-6-16-13)8-15-17-12(10-20-15)11-4-2-1-3-5-11/h1-5,10,13,16H,6-9H2. The molecule has 1 fully saturated rings. The van der Waals surface area contributed by atoms with E-state index in [4.69, 9.17) is 0 Å². The topological polar surface area (TPSA) is 42.0 Å². The summed E-state index contributed by atoms with van der Waals surface area (Å²) in [6.07, 6.45) is 0.440. The minimum Gasteiger partial charge on any atom is -0.306 e. The lowest BCUT2D eigenvalue weighted by atomic mass is 10.1. The van der Waals surface area contributed by atoms with Crippen LogP contribution in [0.15, 0.2) is 35.7 Å². The van der Waals surface area contributed by atoms with Crippen molar-refractivity contribution in [3.63, 3.8) is 0 Å². The summed E-state index contributed by atoms with van der Waals surface area (Å²) in [6.45, 7) is 0.925. The van der Waals surface area contributed by atoms with Crippen LogP contribution in [-0.4, -0.2) is 34.9 Å². The van der Waals surface area contributed by atoms with Gasteiger partial charge >= 0.3 is 0 Å². The van der Waals surface area contributed by atoms with Crippen LogP contribution in [0.5, 0.6) is 0 Å². The second kappa shape index (κ2) is 6.52. The van der Waals surface area contributed by atoms with Crippen molar-refractivity contribution in [1.82, 2.24) is 10.3 Å². The van der Waals surface area contributed by atoms with Gasteiger partial charge in [-0.3, -0.25) is 4.79 Å². The third-order valence-electron chi connectivity index (χ3n) is 3.26. The van der Waals surface area contributed by atoms with E-state index in [0.717, 1.165) is 34.3 Å². The molecule has 1 N–H and O–H groups in total. The van der Waals surface area contributed by atoms with Gasteiger partial charge in [-0.05, 0) is 0 Å².